The topological polar surface area (TPSA) is 68.9 Å². The fraction of sp³-hybridized carbons (Fsp3) is 0.588. The Hall–Kier alpha value is -1.91. The molecule has 1 aliphatic carbocycles. The second-order valence-electron chi connectivity index (χ2n) is 6.00. The largest absolute Gasteiger partial charge is 0.497 e. The van der Waals surface area contributed by atoms with E-state index in [0.29, 0.717) is 17.1 Å². The van der Waals surface area contributed by atoms with Gasteiger partial charge in [-0.25, -0.2) is 0 Å². The van der Waals surface area contributed by atoms with Crippen molar-refractivity contribution in [2.45, 2.75) is 39.0 Å². The maximum absolute atomic E-state index is 6.05. The molecule has 3 N–H and O–H groups in total. The number of methoxy groups -OCH3 is 2. The van der Waals surface area contributed by atoms with Crippen molar-refractivity contribution in [3.8, 4) is 11.5 Å². The van der Waals surface area contributed by atoms with E-state index in [4.69, 9.17) is 15.2 Å². The minimum atomic E-state index is 0.375. The fourth-order valence-electron chi connectivity index (χ4n) is 3.04. The summed E-state index contributed by atoms with van der Waals surface area (Å²) in [5.41, 5.74) is 7.19. The predicted octanol–water partition coefficient (Wildman–Crippen LogP) is 3.40. The molecule has 1 saturated carbocycles. The van der Waals surface area contributed by atoms with E-state index in [1.807, 2.05) is 18.2 Å². The summed E-state index contributed by atoms with van der Waals surface area (Å²) in [4.78, 5) is 4.55. The van der Waals surface area contributed by atoms with E-state index < -0.39 is 0 Å². The van der Waals surface area contributed by atoms with Crippen LogP contribution < -0.4 is 20.5 Å². The molecule has 5 heteroatoms. The number of rotatable bonds is 7. The number of hydrogen-bond acceptors (Lipinski definition) is 3. The Labute approximate surface area is 132 Å². The van der Waals surface area contributed by atoms with Gasteiger partial charge in [-0.2, -0.15) is 0 Å². The molecule has 5 nitrogen and oxygen atoms in total. The molecule has 0 aromatic heterocycles. The molecule has 1 fully saturated rings. The van der Waals surface area contributed by atoms with Gasteiger partial charge in [0.15, 0.2) is 5.96 Å². The van der Waals surface area contributed by atoms with Crippen LogP contribution in [0, 0.1) is 5.41 Å². The Morgan fingerprint density at radius 2 is 2.09 bits per heavy atom. The number of hydrogen-bond donors (Lipinski definition) is 2. The molecular weight excluding hydrogens is 278 g/mol. The van der Waals surface area contributed by atoms with E-state index in [2.05, 4.69) is 17.2 Å². The molecule has 122 valence electrons. The highest BCUT2D eigenvalue weighted by Gasteiger charge is 2.35. The van der Waals surface area contributed by atoms with Crippen molar-refractivity contribution in [3.05, 3.63) is 18.2 Å². The zero-order valence-corrected chi connectivity index (χ0v) is 13.8. The van der Waals surface area contributed by atoms with Crippen molar-refractivity contribution >= 4 is 11.6 Å². The summed E-state index contributed by atoms with van der Waals surface area (Å²) in [7, 11) is 3.26. The number of nitrogens with two attached hydrogens (primary N) is 1. The number of ether oxygens (including phenoxy) is 2. The van der Waals surface area contributed by atoms with Gasteiger partial charge in [-0.15, -0.1) is 0 Å². The van der Waals surface area contributed by atoms with Gasteiger partial charge in [0.05, 0.1) is 19.9 Å². The molecule has 1 aromatic carbocycles. The van der Waals surface area contributed by atoms with Gasteiger partial charge in [0.2, 0.25) is 0 Å². The Balaban J connectivity index is 2.04. The molecular formula is C17H27N3O2. The van der Waals surface area contributed by atoms with Crippen molar-refractivity contribution in [1.82, 2.24) is 0 Å². The van der Waals surface area contributed by atoms with Crippen molar-refractivity contribution in [3.63, 3.8) is 0 Å². The highest BCUT2D eigenvalue weighted by molar-refractivity contribution is 5.94. The lowest BCUT2D eigenvalue weighted by Crippen LogP contribution is -2.34. The molecule has 1 aliphatic rings. The van der Waals surface area contributed by atoms with Gasteiger partial charge in [-0.1, -0.05) is 19.8 Å². The van der Waals surface area contributed by atoms with Crippen LogP contribution >= 0.6 is 0 Å². The fourth-order valence-corrected chi connectivity index (χ4v) is 3.04. The third kappa shape index (κ3) is 3.84. The summed E-state index contributed by atoms with van der Waals surface area (Å²) in [6.45, 7) is 3.03. The summed E-state index contributed by atoms with van der Waals surface area (Å²) in [6.07, 6.45) is 6.27. The number of anilines is 1. The zero-order chi connectivity index (χ0) is 16.0. The standard InChI is InChI=1S/C17H27N3O2/c1-4-8-17(9-5-10-17)12-19-16(18)20-14-11-13(21-2)6-7-15(14)22-3/h6-7,11H,4-5,8-10,12H2,1-3H3,(H3,18,19,20). The van der Waals surface area contributed by atoms with E-state index >= 15 is 0 Å². The first-order valence-electron chi connectivity index (χ1n) is 7.91. The normalized spacial score (nSPS) is 16.8. The maximum atomic E-state index is 6.05. The monoisotopic (exact) mass is 305 g/mol. The molecule has 0 spiro atoms. The smallest absolute Gasteiger partial charge is 0.193 e. The van der Waals surface area contributed by atoms with Gasteiger partial charge in [0.25, 0.3) is 0 Å². The first-order chi connectivity index (χ1) is 10.6. The van der Waals surface area contributed by atoms with Crippen LogP contribution in [0.2, 0.25) is 0 Å². The second kappa shape index (κ2) is 7.38. The van der Waals surface area contributed by atoms with Crippen LogP contribution in [0.15, 0.2) is 23.2 Å². The van der Waals surface area contributed by atoms with Crippen molar-refractivity contribution in [2.75, 3.05) is 26.1 Å². The molecule has 0 bridgehead atoms. The van der Waals surface area contributed by atoms with Gasteiger partial charge in [0.1, 0.15) is 11.5 Å². The summed E-state index contributed by atoms with van der Waals surface area (Å²) in [5.74, 6) is 1.89. The summed E-state index contributed by atoms with van der Waals surface area (Å²) in [5, 5.41) is 3.12. The molecule has 0 radical (unpaired) electrons. The van der Waals surface area contributed by atoms with E-state index in [1.165, 1.54) is 32.1 Å². The second-order valence-corrected chi connectivity index (χ2v) is 6.00. The van der Waals surface area contributed by atoms with Crippen molar-refractivity contribution in [2.24, 2.45) is 16.1 Å². The molecule has 0 amide bonds. The molecule has 22 heavy (non-hydrogen) atoms. The lowest BCUT2D eigenvalue weighted by Gasteiger charge is -2.40. The Bertz CT molecular complexity index is 525. The predicted molar refractivity (Wildman–Crippen MR) is 90.9 cm³/mol. The molecule has 2 rings (SSSR count). The number of aliphatic imine (C=N–C) groups is 1. The van der Waals surface area contributed by atoms with Crippen LogP contribution in [0.25, 0.3) is 0 Å². The van der Waals surface area contributed by atoms with E-state index in [1.54, 1.807) is 14.2 Å². The Kier molecular flexibility index (Phi) is 5.52. The Morgan fingerprint density at radius 3 is 2.64 bits per heavy atom. The lowest BCUT2D eigenvalue weighted by molar-refractivity contribution is 0.130. The molecule has 0 heterocycles. The molecule has 0 atom stereocenters. The minimum Gasteiger partial charge on any atom is -0.497 e. The lowest BCUT2D eigenvalue weighted by atomic mass is 9.66. The van der Waals surface area contributed by atoms with Crippen LogP contribution in [0.1, 0.15) is 39.0 Å². The van der Waals surface area contributed by atoms with Crippen LogP contribution in [-0.4, -0.2) is 26.7 Å². The van der Waals surface area contributed by atoms with Gasteiger partial charge < -0.3 is 20.5 Å². The van der Waals surface area contributed by atoms with Gasteiger partial charge >= 0.3 is 0 Å². The van der Waals surface area contributed by atoms with Gasteiger partial charge in [-0.05, 0) is 36.8 Å². The van der Waals surface area contributed by atoms with Gasteiger partial charge in [0, 0.05) is 12.6 Å². The highest BCUT2D eigenvalue weighted by atomic mass is 16.5. The Morgan fingerprint density at radius 1 is 1.32 bits per heavy atom. The number of nitrogens with one attached hydrogen (secondary N) is 1. The van der Waals surface area contributed by atoms with Gasteiger partial charge in [-0.3, -0.25) is 4.99 Å². The highest BCUT2D eigenvalue weighted by Crippen LogP contribution is 2.45. The third-order valence-corrected chi connectivity index (χ3v) is 4.45. The number of guanidine groups is 1. The molecule has 0 aliphatic heterocycles. The maximum Gasteiger partial charge on any atom is 0.193 e. The van der Waals surface area contributed by atoms with Crippen LogP contribution in [0.3, 0.4) is 0 Å². The molecule has 0 saturated heterocycles. The third-order valence-electron chi connectivity index (χ3n) is 4.45. The van der Waals surface area contributed by atoms with Crippen LogP contribution in [0.5, 0.6) is 11.5 Å². The molecule has 1 aromatic rings. The minimum absolute atomic E-state index is 0.375. The first-order valence-corrected chi connectivity index (χ1v) is 7.91. The average molecular weight is 305 g/mol. The van der Waals surface area contributed by atoms with E-state index in [0.717, 1.165) is 18.0 Å². The van der Waals surface area contributed by atoms with Crippen molar-refractivity contribution in [1.29, 1.82) is 0 Å². The number of nitrogens with zero attached hydrogens (tertiary/aromatic N) is 1. The average Bonchev–Trinajstić information content (AvgIpc) is 2.49. The zero-order valence-electron chi connectivity index (χ0n) is 13.8. The summed E-state index contributed by atoms with van der Waals surface area (Å²) in [6, 6.07) is 5.55. The van der Waals surface area contributed by atoms with E-state index in [9.17, 15) is 0 Å². The van der Waals surface area contributed by atoms with Crippen molar-refractivity contribution < 1.29 is 9.47 Å². The number of benzene rings is 1. The quantitative estimate of drug-likeness (QED) is 0.598. The first kappa shape index (κ1) is 16.5. The van der Waals surface area contributed by atoms with E-state index in [-0.39, 0.29) is 0 Å². The van der Waals surface area contributed by atoms with Crippen LogP contribution in [-0.2, 0) is 0 Å². The molecule has 0 unspecified atom stereocenters. The van der Waals surface area contributed by atoms with Crippen LogP contribution in [0.4, 0.5) is 5.69 Å². The summed E-state index contributed by atoms with van der Waals surface area (Å²) >= 11 is 0. The summed E-state index contributed by atoms with van der Waals surface area (Å²) < 4.78 is 10.6. The SMILES string of the molecule is CCCC1(CN=C(N)Nc2cc(OC)ccc2OC)CCC1.